The summed E-state index contributed by atoms with van der Waals surface area (Å²) in [5, 5.41) is 3.01. The molecule has 1 N–H and O–H groups in total. The van der Waals surface area contributed by atoms with E-state index in [-0.39, 0.29) is 10.7 Å². The summed E-state index contributed by atoms with van der Waals surface area (Å²) in [7, 11) is 0. The molecule has 0 aliphatic rings. The van der Waals surface area contributed by atoms with Gasteiger partial charge in [0.2, 0.25) is 0 Å². The Morgan fingerprint density at radius 2 is 1.67 bits per heavy atom. The fourth-order valence-electron chi connectivity index (χ4n) is 2.59. The van der Waals surface area contributed by atoms with Crippen LogP contribution in [-0.4, -0.2) is 12.5 Å². The van der Waals surface area contributed by atoms with Gasteiger partial charge in [-0.1, -0.05) is 64.0 Å². The van der Waals surface area contributed by atoms with Gasteiger partial charge >= 0.3 is 0 Å². The molecule has 3 heteroatoms. The van der Waals surface area contributed by atoms with Gasteiger partial charge in [0.25, 0.3) is 5.91 Å². The lowest BCUT2D eigenvalue weighted by atomic mass is 9.99. The second-order valence-electron chi connectivity index (χ2n) is 5.36. The average Bonchev–Trinajstić information content (AvgIpc) is 2.44. The number of amides is 1. The molecule has 0 aromatic heterocycles. The predicted octanol–water partition coefficient (Wildman–Crippen LogP) is 4.48. The van der Waals surface area contributed by atoms with Crippen LogP contribution in [0.25, 0.3) is 0 Å². The van der Waals surface area contributed by atoms with E-state index in [1.54, 1.807) is 0 Å². The van der Waals surface area contributed by atoms with Crippen molar-refractivity contribution in [3.8, 4) is 0 Å². The molecule has 0 bridgehead atoms. The Morgan fingerprint density at radius 3 is 2.24 bits per heavy atom. The van der Waals surface area contributed by atoms with Crippen molar-refractivity contribution in [2.45, 2.75) is 25.6 Å². The first-order chi connectivity index (χ1) is 9.99. The van der Waals surface area contributed by atoms with Gasteiger partial charge in [0, 0.05) is 12.1 Å². The molecule has 1 unspecified atom stereocenters. The lowest BCUT2D eigenvalue weighted by molar-refractivity contribution is 0.0953. The van der Waals surface area contributed by atoms with Gasteiger partial charge in [0.1, 0.15) is 0 Å². The Hall–Kier alpha value is -1.61. The molecule has 2 aromatic carbocycles. The fourth-order valence-corrected chi connectivity index (χ4v) is 3.06. The molecule has 21 heavy (non-hydrogen) atoms. The second-order valence-corrected chi connectivity index (χ2v) is 6.47. The van der Waals surface area contributed by atoms with Crippen LogP contribution < -0.4 is 5.32 Å². The van der Waals surface area contributed by atoms with Crippen LogP contribution in [0.15, 0.2) is 42.5 Å². The van der Waals surface area contributed by atoms with Gasteiger partial charge in [-0.05, 0) is 37.5 Å². The summed E-state index contributed by atoms with van der Waals surface area (Å²) in [5.41, 5.74) is 5.18. The lowest BCUT2D eigenvalue weighted by Crippen LogP contribution is -2.28. The van der Waals surface area contributed by atoms with Crippen molar-refractivity contribution in [3.63, 3.8) is 0 Å². The van der Waals surface area contributed by atoms with Crippen LogP contribution in [0.4, 0.5) is 0 Å². The highest BCUT2D eigenvalue weighted by Crippen LogP contribution is 2.22. The highest BCUT2D eigenvalue weighted by molar-refractivity contribution is 9.09. The van der Waals surface area contributed by atoms with E-state index in [2.05, 4.69) is 21.2 Å². The van der Waals surface area contributed by atoms with Crippen molar-refractivity contribution in [3.05, 3.63) is 70.3 Å². The molecule has 0 fully saturated rings. The normalized spacial score (nSPS) is 12.0. The number of carbonyl (C=O) groups excluding carboxylic acids is 1. The number of benzene rings is 2. The molecule has 2 aromatic rings. The summed E-state index contributed by atoms with van der Waals surface area (Å²) >= 11 is 3.62. The zero-order valence-electron chi connectivity index (χ0n) is 12.6. The Labute approximate surface area is 134 Å². The van der Waals surface area contributed by atoms with E-state index in [1.165, 1.54) is 5.56 Å². The fraction of sp³-hybridized carbons (Fsp3) is 0.278. The summed E-state index contributed by atoms with van der Waals surface area (Å²) < 4.78 is 0. The monoisotopic (exact) mass is 345 g/mol. The first-order valence-corrected chi connectivity index (χ1v) is 7.95. The molecule has 2 nitrogen and oxygen atoms in total. The molecular formula is C18H20BrNO. The summed E-state index contributed by atoms with van der Waals surface area (Å²) in [4.78, 5) is 12.5. The maximum atomic E-state index is 12.4. The number of hydrogen-bond donors (Lipinski definition) is 1. The summed E-state index contributed by atoms with van der Waals surface area (Å²) in [5.74, 6) is -0.00891. The Morgan fingerprint density at radius 1 is 1.10 bits per heavy atom. The Bertz CT molecular complexity index is 614. The van der Waals surface area contributed by atoms with E-state index in [9.17, 15) is 4.79 Å². The van der Waals surface area contributed by atoms with Crippen molar-refractivity contribution < 1.29 is 4.79 Å². The van der Waals surface area contributed by atoms with Gasteiger partial charge in [-0.2, -0.15) is 0 Å². The van der Waals surface area contributed by atoms with Crippen LogP contribution in [0, 0.1) is 20.8 Å². The van der Waals surface area contributed by atoms with Gasteiger partial charge in [-0.15, -0.1) is 0 Å². The first kappa shape index (κ1) is 15.8. The molecule has 1 atom stereocenters. The summed E-state index contributed by atoms with van der Waals surface area (Å²) in [6.07, 6.45) is 0. The van der Waals surface area contributed by atoms with Gasteiger partial charge in [0.05, 0.1) is 4.83 Å². The van der Waals surface area contributed by atoms with Crippen molar-refractivity contribution in [2.24, 2.45) is 0 Å². The second kappa shape index (κ2) is 6.90. The van der Waals surface area contributed by atoms with Crippen LogP contribution in [0.2, 0.25) is 0 Å². The largest absolute Gasteiger partial charge is 0.351 e. The van der Waals surface area contributed by atoms with E-state index in [0.717, 1.165) is 22.3 Å². The van der Waals surface area contributed by atoms with Crippen LogP contribution in [0.5, 0.6) is 0 Å². The average molecular weight is 346 g/mol. The summed E-state index contributed by atoms with van der Waals surface area (Å²) in [6, 6.07) is 14.2. The molecule has 110 valence electrons. The zero-order chi connectivity index (χ0) is 15.4. The van der Waals surface area contributed by atoms with E-state index < -0.39 is 0 Å². The molecule has 0 aliphatic heterocycles. The molecule has 0 radical (unpaired) electrons. The van der Waals surface area contributed by atoms with E-state index >= 15 is 0 Å². The molecule has 0 saturated carbocycles. The minimum Gasteiger partial charge on any atom is -0.351 e. The standard InChI is InChI=1S/C18H20BrNO/c1-12-9-13(2)17(14(3)10-12)18(21)20-11-16(19)15-7-5-4-6-8-15/h4-10,16H,11H2,1-3H3,(H,20,21). The molecule has 1 amide bonds. The highest BCUT2D eigenvalue weighted by atomic mass is 79.9. The highest BCUT2D eigenvalue weighted by Gasteiger charge is 2.14. The van der Waals surface area contributed by atoms with E-state index in [0.29, 0.717) is 6.54 Å². The molecular weight excluding hydrogens is 326 g/mol. The Balaban J connectivity index is 2.06. The number of rotatable bonds is 4. The lowest BCUT2D eigenvalue weighted by Gasteiger charge is -2.14. The molecule has 2 rings (SSSR count). The van der Waals surface area contributed by atoms with Gasteiger partial charge < -0.3 is 5.32 Å². The maximum Gasteiger partial charge on any atom is 0.251 e. The number of halogens is 1. The molecule has 0 spiro atoms. The SMILES string of the molecule is Cc1cc(C)c(C(=O)NCC(Br)c2ccccc2)c(C)c1. The number of nitrogens with one attached hydrogen (secondary N) is 1. The quantitative estimate of drug-likeness (QED) is 0.813. The van der Waals surface area contributed by atoms with Crippen molar-refractivity contribution in [2.75, 3.05) is 6.54 Å². The van der Waals surface area contributed by atoms with Crippen molar-refractivity contribution in [1.82, 2.24) is 5.32 Å². The van der Waals surface area contributed by atoms with Crippen molar-refractivity contribution >= 4 is 21.8 Å². The predicted molar refractivity (Wildman–Crippen MR) is 91.1 cm³/mol. The third-order valence-corrected chi connectivity index (χ3v) is 4.36. The number of hydrogen-bond acceptors (Lipinski definition) is 1. The molecule has 0 aliphatic carbocycles. The minimum atomic E-state index is -0.00891. The number of carbonyl (C=O) groups is 1. The van der Waals surface area contributed by atoms with Gasteiger partial charge in [-0.25, -0.2) is 0 Å². The molecule has 0 saturated heterocycles. The minimum absolute atomic E-state index is 0.00891. The van der Waals surface area contributed by atoms with Crippen LogP contribution in [0.3, 0.4) is 0 Å². The maximum absolute atomic E-state index is 12.4. The topological polar surface area (TPSA) is 29.1 Å². The van der Waals surface area contributed by atoms with Crippen molar-refractivity contribution in [1.29, 1.82) is 0 Å². The van der Waals surface area contributed by atoms with Crippen LogP contribution in [-0.2, 0) is 0 Å². The Kier molecular flexibility index (Phi) is 5.18. The smallest absolute Gasteiger partial charge is 0.251 e. The zero-order valence-corrected chi connectivity index (χ0v) is 14.2. The van der Waals surface area contributed by atoms with Gasteiger partial charge in [0.15, 0.2) is 0 Å². The summed E-state index contributed by atoms with van der Waals surface area (Å²) in [6.45, 7) is 6.58. The third kappa shape index (κ3) is 3.94. The number of alkyl halides is 1. The van der Waals surface area contributed by atoms with Gasteiger partial charge in [-0.3, -0.25) is 4.79 Å². The van der Waals surface area contributed by atoms with E-state index in [4.69, 9.17) is 0 Å². The van der Waals surface area contributed by atoms with Crippen LogP contribution in [0.1, 0.15) is 37.4 Å². The van der Waals surface area contributed by atoms with Crippen LogP contribution >= 0.6 is 15.9 Å². The molecule has 0 heterocycles. The first-order valence-electron chi connectivity index (χ1n) is 7.04. The van der Waals surface area contributed by atoms with E-state index in [1.807, 2.05) is 63.2 Å². The number of aryl methyl sites for hydroxylation is 3. The third-order valence-electron chi connectivity index (χ3n) is 3.51.